The first-order chi connectivity index (χ1) is 6.26. The lowest BCUT2D eigenvalue weighted by Gasteiger charge is -2.30. The Balaban J connectivity index is 2.21. The van der Waals surface area contributed by atoms with Gasteiger partial charge in [-0.15, -0.1) is 0 Å². The van der Waals surface area contributed by atoms with Crippen LogP contribution < -0.4 is 0 Å². The largest absolute Gasteiger partial charge is 0.356 e. The van der Waals surface area contributed by atoms with E-state index in [0.717, 1.165) is 12.3 Å². The first-order valence-corrected chi connectivity index (χ1v) is 5.00. The lowest BCUT2D eigenvalue weighted by molar-refractivity contribution is -0.116. The van der Waals surface area contributed by atoms with Gasteiger partial charge >= 0.3 is 0 Å². The van der Waals surface area contributed by atoms with Gasteiger partial charge in [-0.25, -0.2) is 0 Å². The van der Waals surface area contributed by atoms with E-state index in [1.165, 1.54) is 25.9 Å². The Morgan fingerprint density at radius 1 is 1.23 bits per heavy atom. The van der Waals surface area contributed by atoms with Gasteiger partial charge in [0.05, 0.1) is 0 Å². The van der Waals surface area contributed by atoms with Crippen molar-refractivity contribution in [3.05, 3.63) is 0 Å². The molecular weight excluding hydrogens is 166 g/mol. The van der Waals surface area contributed by atoms with Crippen LogP contribution in [0.25, 0.3) is 0 Å². The highest BCUT2D eigenvalue weighted by Crippen LogP contribution is 2.21. The van der Waals surface area contributed by atoms with Crippen LogP contribution in [0, 0.1) is 5.92 Å². The minimum Gasteiger partial charge on any atom is -0.356 e. The Kier molecular flexibility index (Phi) is 4.70. The summed E-state index contributed by atoms with van der Waals surface area (Å²) in [6.07, 6.45) is 3.59. The Morgan fingerprint density at radius 3 is 2.23 bits per heavy atom. The van der Waals surface area contributed by atoms with E-state index in [2.05, 4.69) is 11.9 Å². The fourth-order valence-electron chi connectivity index (χ4n) is 1.86. The summed E-state index contributed by atoms with van der Waals surface area (Å²) in [6.45, 7) is 2.43. The zero-order chi connectivity index (χ0) is 9.68. The van der Waals surface area contributed by atoms with Crippen LogP contribution in [0.3, 0.4) is 0 Å². The quantitative estimate of drug-likeness (QED) is 0.620. The first kappa shape index (κ1) is 11.0. The van der Waals surface area contributed by atoms with Crippen LogP contribution in [0.15, 0.2) is 0 Å². The van der Waals surface area contributed by atoms with Gasteiger partial charge in [-0.1, -0.05) is 0 Å². The van der Waals surface area contributed by atoms with Gasteiger partial charge in [0.1, 0.15) is 0 Å². The van der Waals surface area contributed by atoms with Gasteiger partial charge in [0, 0.05) is 20.6 Å². The molecule has 3 nitrogen and oxygen atoms in total. The molecule has 1 aliphatic heterocycles. The molecule has 1 fully saturated rings. The van der Waals surface area contributed by atoms with Crippen molar-refractivity contribution in [2.45, 2.75) is 25.6 Å². The van der Waals surface area contributed by atoms with Gasteiger partial charge in [-0.3, -0.25) is 0 Å². The average Bonchev–Trinajstić information content (AvgIpc) is 2.17. The summed E-state index contributed by atoms with van der Waals surface area (Å²) in [5.74, 6) is 0.779. The molecular formula is C10H21NO2. The van der Waals surface area contributed by atoms with Gasteiger partial charge in [0.25, 0.3) is 0 Å². The number of ether oxygens (including phenoxy) is 2. The Labute approximate surface area is 81.0 Å². The Bertz CT molecular complexity index is 129. The van der Waals surface area contributed by atoms with E-state index in [-0.39, 0.29) is 6.29 Å². The molecule has 0 aromatic heterocycles. The second-order valence-corrected chi connectivity index (χ2v) is 3.88. The Morgan fingerprint density at radius 2 is 1.77 bits per heavy atom. The van der Waals surface area contributed by atoms with Crippen molar-refractivity contribution >= 4 is 0 Å². The molecule has 13 heavy (non-hydrogen) atoms. The monoisotopic (exact) mass is 187 g/mol. The first-order valence-electron chi connectivity index (χ1n) is 5.00. The Hall–Kier alpha value is -0.120. The highest BCUT2D eigenvalue weighted by Gasteiger charge is 2.20. The summed E-state index contributed by atoms with van der Waals surface area (Å²) in [5, 5.41) is 0. The third-order valence-electron chi connectivity index (χ3n) is 2.89. The van der Waals surface area contributed by atoms with Crippen molar-refractivity contribution in [3.8, 4) is 0 Å². The van der Waals surface area contributed by atoms with Crippen LogP contribution in [0.2, 0.25) is 0 Å². The van der Waals surface area contributed by atoms with E-state index in [1.54, 1.807) is 14.2 Å². The average molecular weight is 187 g/mol. The number of hydrogen-bond acceptors (Lipinski definition) is 3. The molecule has 78 valence electrons. The fourth-order valence-corrected chi connectivity index (χ4v) is 1.86. The van der Waals surface area contributed by atoms with Gasteiger partial charge in [-0.05, 0) is 38.9 Å². The second kappa shape index (κ2) is 5.58. The van der Waals surface area contributed by atoms with Crippen LogP contribution in [0.5, 0.6) is 0 Å². The third-order valence-corrected chi connectivity index (χ3v) is 2.89. The zero-order valence-electron chi connectivity index (χ0n) is 8.95. The molecule has 1 rings (SSSR count). The lowest BCUT2D eigenvalue weighted by Crippen LogP contribution is -2.32. The molecule has 0 radical (unpaired) electrons. The van der Waals surface area contributed by atoms with Crippen molar-refractivity contribution in [2.75, 3.05) is 34.4 Å². The van der Waals surface area contributed by atoms with Crippen LogP contribution >= 0.6 is 0 Å². The number of hydrogen-bond donors (Lipinski definition) is 0. The summed E-state index contributed by atoms with van der Waals surface area (Å²) in [4.78, 5) is 2.38. The normalized spacial score (nSPS) is 21.2. The van der Waals surface area contributed by atoms with E-state index in [4.69, 9.17) is 9.47 Å². The maximum absolute atomic E-state index is 5.19. The van der Waals surface area contributed by atoms with E-state index in [0.29, 0.717) is 0 Å². The highest BCUT2D eigenvalue weighted by molar-refractivity contribution is 4.70. The second-order valence-electron chi connectivity index (χ2n) is 3.88. The molecule has 0 aromatic carbocycles. The molecule has 0 atom stereocenters. The third kappa shape index (κ3) is 3.63. The summed E-state index contributed by atoms with van der Waals surface area (Å²) in [6, 6.07) is 0. The topological polar surface area (TPSA) is 21.7 Å². The minimum atomic E-state index is -0.00611. The molecule has 0 spiro atoms. The molecule has 1 heterocycles. The summed E-state index contributed by atoms with van der Waals surface area (Å²) in [5.41, 5.74) is 0. The van der Waals surface area contributed by atoms with Crippen LogP contribution in [0.4, 0.5) is 0 Å². The SMILES string of the molecule is COC(CC1CCN(C)CC1)OC. The molecule has 1 aliphatic rings. The van der Waals surface area contributed by atoms with E-state index in [1.807, 2.05) is 0 Å². The maximum atomic E-state index is 5.19. The van der Waals surface area contributed by atoms with E-state index in [9.17, 15) is 0 Å². The van der Waals surface area contributed by atoms with Crippen molar-refractivity contribution in [3.63, 3.8) is 0 Å². The van der Waals surface area contributed by atoms with E-state index < -0.39 is 0 Å². The molecule has 0 saturated carbocycles. The maximum Gasteiger partial charge on any atom is 0.157 e. The molecule has 0 aliphatic carbocycles. The van der Waals surface area contributed by atoms with Gasteiger partial charge < -0.3 is 14.4 Å². The predicted octanol–water partition coefficient (Wildman–Crippen LogP) is 1.34. The molecule has 1 saturated heterocycles. The molecule has 3 heteroatoms. The van der Waals surface area contributed by atoms with Crippen molar-refractivity contribution in [2.24, 2.45) is 5.92 Å². The highest BCUT2D eigenvalue weighted by atomic mass is 16.7. The smallest absolute Gasteiger partial charge is 0.157 e. The number of likely N-dealkylation sites (tertiary alicyclic amines) is 1. The van der Waals surface area contributed by atoms with Crippen LogP contribution in [-0.4, -0.2) is 45.5 Å². The lowest BCUT2D eigenvalue weighted by atomic mass is 9.93. The van der Waals surface area contributed by atoms with Crippen molar-refractivity contribution < 1.29 is 9.47 Å². The van der Waals surface area contributed by atoms with Gasteiger partial charge in [0.15, 0.2) is 6.29 Å². The predicted molar refractivity (Wildman–Crippen MR) is 52.6 cm³/mol. The van der Waals surface area contributed by atoms with E-state index >= 15 is 0 Å². The standard InChI is InChI=1S/C10H21NO2/c1-11-6-4-9(5-7-11)8-10(12-2)13-3/h9-10H,4-8H2,1-3H3. The summed E-state index contributed by atoms with van der Waals surface area (Å²) >= 11 is 0. The number of methoxy groups -OCH3 is 2. The van der Waals surface area contributed by atoms with Gasteiger partial charge in [0.2, 0.25) is 0 Å². The molecule has 0 aromatic rings. The molecule has 0 bridgehead atoms. The fraction of sp³-hybridized carbons (Fsp3) is 1.00. The number of piperidine rings is 1. The zero-order valence-corrected chi connectivity index (χ0v) is 8.95. The number of nitrogens with zero attached hydrogens (tertiary/aromatic N) is 1. The number of rotatable bonds is 4. The van der Waals surface area contributed by atoms with Crippen LogP contribution in [0.1, 0.15) is 19.3 Å². The van der Waals surface area contributed by atoms with Crippen molar-refractivity contribution in [1.82, 2.24) is 4.90 Å². The molecule has 0 N–H and O–H groups in total. The molecule has 0 unspecified atom stereocenters. The van der Waals surface area contributed by atoms with Crippen molar-refractivity contribution in [1.29, 1.82) is 0 Å². The van der Waals surface area contributed by atoms with Gasteiger partial charge in [-0.2, -0.15) is 0 Å². The summed E-state index contributed by atoms with van der Waals surface area (Å²) in [7, 11) is 5.60. The van der Waals surface area contributed by atoms with Crippen LogP contribution in [-0.2, 0) is 9.47 Å². The minimum absolute atomic E-state index is 0.00611. The summed E-state index contributed by atoms with van der Waals surface area (Å²) < 4.78 is 10.4. The molecule has 0 amide bonds.